The summed E-state index contributed by atoms with van der Waals surface area (Å²) in [6, 6.07) is 7.16. The lowest BCUT2D eigenvalue weighted by Crippen LogP contribution is -2.37. The minimum atomic E-state index is -0.556. The summed E-state index contributed by atoms with van der Waals surface area (Å²) in [5, 5.41) is 2.57. The van der Waals surface area contributed by atoms with Gasteiger partial charge >= 0.3 is 0 Å². The largest absolute Gasteiger partial charge is 0.459 e. The highest BCUT2D eigenvalue weighted by Gasteiger charge is 2.14. The Morgan fingerprint density at radius 1 is 1.36 bits per heavy atom. The van der Waals surface area contributed by atoms with Gasteiger partial charge in [0.1, 0.15) is 5.82 Å². The fourth-order valence-corrected chi connectivity index (χ4v) is 2.07. The van der Waals surface area contributed by atoms with Gasteiger partial charge in [-0.05, 0) is 30.3 Å². The molecule has 0 aliphatic carbocycles. The minimum Gasteiger partial charge on any atom is -0.459 e. The van der Waals surface area contributed by atoms with E-state index in [4.69, 9.17) is 16.0 Å². The smallest absolute Gasteiger partial charge is 0.287 e. The van der Waals surface area contributed by atoms with E-state index in [0.29, 0.717) is 5.69 Å². The average molecular weight is 325 g/mol. The summed E-state index contributed by atoms with van der Waals surface area (Å²) >= 11 is 5.72. The first-order valence-corrected chi connectivity index (χ1v) is 6.91. The van der Waals surface area contributed by atoms with Crippen molar-refractivity contribution in [2.24, 2.45) is 0 Å². The van der Waals surface area contributed by atoms with Crippen LogP contribution in [-0.2, 0) is 4.79 Å². The van der Waals surface area contributed by atoms with Crippen LogP contribution in [0.4, 0.5) is 10.1 Å². The zero-order chi connectivity index (χ0) is 16.1. The van der Waals surface area contributed by atoms with E-state index in [1.54, 1.807) is 6.07 Å². The molecule has 1 aromatic heterocycles. The van der Waals surface area contributed by atoms with Gasteiger partial charge < -0.3 is 14.6 Å². The van der Waals surface area contributed by atoms with Gasteiger partial charge in [0.05, 0.1) is 11.3 Å². The van der Waals surface area contributed by atoms with Gasteiger partial charge in [-0.1, -0.05) is 11.6 Å². The molecule has 0 fully saturated rings. The van der Waals surface area contributed by atoms with Crippen molar-refractivity contribution >= 4 is 29.1 Å². The van der Waals surface area contributed by atoms with Crippen LogP contribution in [0, 0.1) is 5.82 Å². The van der Waals surface area contributed by atoms with Gasteiger partial charge in [-0.15, -0.1) is 0 Å². The van der Waals surface area contributed by atoms with Crippen molar-refractivity contribution < 1.29 is 18.4 Å². The second-order valence-electron chi connectivity index (χ2n) is 4.50. The zero-order valence-corrected chi connectivity index (χ0v) is 12.6. The third-order valence-corrected chi connectivity index (χ3v) is 3.25. The number of rotatable bonds is 5. The highest BCUT2D eigenvalue weighted by molar-refractivity contribution is 6.31. The Kier molecular flexibility index (Phi) is 5.16. The molecule has 1 N–H and O–H groups in total. The molecule has 2 amide bonds. The fraction of sp³-hybridized carbons (Fsp3) is 0.200. The van der Waals surface area contributed by atoms with Crippen molar-refractivity contribution in [3.8, 4) is 0 Å². The molecule has 116 valence electrons. The second kappa shape index (κ2) is 7.09. The van der Waals surface area contributed by atoms with Crippen LogP contribution in [0.3, 0.4) is 0 Å². The Morgan fingerprint density at radius 3 is 2.73 bits per heavy atom. The van der Waals surface area contributed by atoms with Gasteiger partial charge in [0.25, 0.3) is 5.91 Å². The van der Waals surface area contributed by atoms with Crippen molar-refractivity contribution in [3.05, 3.63) is 53.2 Å². The first-order chi connectivity index (χ1) is 10.5. The zero-order valence-electron chi connectivity index (χ0n) is 11.8. The molecule has 0 bridgehead atoms. The monoisotopic (exact) mass is 324 g/mol. The Balaban J connectivity index is 1.99. The third kappa shape index (κ3) is 3.85. The summed E-state index contributed by atoms with van der Waals surface area (Å²) in [5.41, 5.74) is 0.464. The lowest BCUT2D eigenvalue weighted by molar-refractivity contribution is -0.116. The quantitative estimate of drug-likeness (QED) is 0.920. The van der Waals surface area contributed by atoms with Crippen molar-refractivity contribution in [1.82, 2.24) is 5.32 Å². The van der Waals surface area contributed by atoms with Gasteiger partial charge in [-0.25, -0.2) is 4.39 Å². The lowest BCUT2D eigenvalue weighted by Gasteiger charge is -2.21. The molecule has 2 rings (SSSR count). The van der Waals surface area contributed by atoms with E-state index in [9.17, 15) is 14.0 Å². The standard InChI is InChI=1S/C15H14ClFN2O3/c1-10(20)19(11-4-5-13(17)12(16)9-11)7-6-18-15(21)14-3-2-8-22-14/h2-5,8-9H,6-7H2,1H3,(H,18,21). The summed E-state index contributed by atoms with van der Waals surface area (Å²) in [4.78, 5) is 24.8. The van der Waals surface area contributed by atoms with Crippen LogP contribution in [0.1, 0.15) is 17.5 Å². The Hall–Kier alpha value is -2.34. The van der Waals surface area contributed by atoms with Crippen LogP contribution in [0.25, 0.3) is 0 Å². The van der Waals surface area contributed by atoms with Crippen molar-refractivity contribution in [3.63, 3.8) is 0 Å². The molecule has 0 saturated carbocycles. The number of nitrogens with zero attached hydrogens (tertiary/aromatic N) is 1. The number of furan rings is 1. The highest BCUT2D eigenvalue weighted by atomic mass is 35.5. The molecule has 22 heavy (non-hydrogen) atoms. The maximum atomic E-state index is 13.2. The predicted octanol–water partition coefficient (Wildman–Crippen LogP) is 2.86. The summed E-state index contributed by atoms with van der Waals surface area (Å²) in [6.45, 7) is 1.82. The number of hydrogen-bond acceptors (Lipinski definition) is 3. The predicted molar refractivity (Wildman–Crippen MR) is 80.5 cm³/mol. The lowest BCUT2D eigenvalue weighted by atomic mass is 10.2. The number of carbonyl (C=O) groups is 2. The molecule has 0 radical (unpaired) electrons. The number of benzene rings is 1. The number of halogens is 2. The summed E-state index contributed by atoms with van der Waals surface area (Å²) in [7, 11) is 0. The second-order valence-corrected chi connectivity index (χ2v) is 4.91. The summed E-state index contributed by atoms with van der Waals surface area (Å²) < 4.78 is 18.1. The number of amides is 2. The molecule has 1 aromatic carbocycles. The third-order valence-electron chi connectivity index (χ3n) is 2.96. The maximum absolute atomic E-state index is 13.2. The molecule has 2 aromatic rings. The van der Waals surface area contributed by atoms with E-state index in [2.05, 4.69) is 5.32 Å². The number of hydrogen-bond donors (Lipinski definition) is 1. The van der Waals surface area contributed by atoms with E-state index in [-0.39, 0.29) is 35.7 Å². The van der Waals surface area contributed by atoms with E-state index in [1.807, 2.05) is 0 Å². The highest BCUT2D eigenvalue weighted by Crippen LogP contribution is 2.22. The van der Waals surface area contributed by atoms with Crippen LogP contribution < -0.4 is 10.2 Å². The van der Waals surface area contributed by atoms with Crippen LogP contribution in [0.15, 0.2) is 41.0 Å². The first kappa shape index (κ1) is 16.0. The van der Waals surface area contributed by atoms with Crippen LogP contribution >= 0.6 is 11.6 Å². The van der Waals surface area contributed by atoms with Gasteiger partial charge in [0, 0.05) is 25.7 Å². The van der Waals surface area contributed by atoms with E-state index in [0.717, 1.165) is 0 Å². The average Bonchev–Trinajstić information content (AvgIpc) is 3.00. The first-order valence-electron chi connectivity index (χ1n) is 6.54. The van der Waals surface area contributed by atoms with Crippen molar-refractivity contribution in [1.29, 1.82) is 0 Å². The van der Waals surface area contributed by atoms with Crippen molar-refractivity contribution in [2.75, 3.05) is 18.0 Å². The van der Waals surface area contributed by atoms with E-state index >= 15 is 0 Å². The SMILES string of the molecule is CC(=O)N(CCNC(=O)c1ccco1)c1ccc(F)c(Cl)c1. The molecule has 1 heterocycles. The maximum Gasteiger partial charge on any atom is 0.287 e. The summed E-state index contributed by atoms with van der Waals surface area (Å²) in [5.74, 6) is -0.972. The number of nitrogens with one attached hydrogen (secondary N) is 1. The van der Waals surface area contributed by atoms with Gasteiger partial charge in [-0.2, -0.15) is 0 Å². The van der Waals surface area contributed by atoms with Crippen LogP contribution in [0.2, 0.25) is 5.02 Å². The minimum absolute atomic E-state index is 0.0663. The molecule has 5 nitrogen and oxygen atoms in total. The number of anilines is 1. The molecular weight excluding hydrogens is 311 g/mol. The molecule has 7 heteroatoms. The van der Waals surface area contributed by atoms with Gasteiger partial charge in [-0.3, -0.25) is 9.59 Å². The van der Waals surface area contributed by atoms with Crippen LogP contribution in [0.5, 0.6) is 0 Å². The molecular formula is C15H14ClFN2O3. The van der Waals surface area contributed by atoms with Gasteiger partial charge in [0.2, 0.25) is 5.91 Å². The molecule has 0 unspecified atom stereocenters. The fourth-order valence-electron chi connectivity index (χ4n) is 1.90. The van der Waals surface area contributed by atoms with Crippen LogP contribution in [-0.4, -0.2) is 24.9 Å². The van der Waals surface area contributed by atoms with Gasteiger partial charge in [0.15, 0.2) is 5.76 Å². The molecule has 0 spiro atoms. The topological polar surface area (TPSA) is 62.6 Å². The summed E-state index contributed by atoms with van der Waals surface area (Å²) in [6.07, 6.45) is 1.40. The van der Waals surface area contributed by atoms with E-state index in [1.165, 1.54) is 42.4 Å². The molecule has 0 aliphatic rings. The number of carbonyl (C=O) groups excluding carboxylic acids is 2. The molecule has 0 aliphatic heterocycles. The van der Waals surface area contributed by atoms with E-state index < -0.39 is 5.82 Å². The molecule has 0 saturated heterocycles. The van der Waals surface area contributed by atoms with Crippen molar-refractivity contribution in [2.45, 2.75) is 6.92 Å². The molecule has 0 atom stereocenters. The Labute approximate surface area is 131 Å². The normalized spacial score (nSPS) is 10.3. The Morgan fingerprint density at radius 2 is 2.14 bits per heavy atom. The Bertz CT molecular complexity index is 673.